The molecule has 0 aliphatic rings. The van der Waals surface area contributed by atoms with Gasteiger partial charge < -0.3 is 0 Å². The minimum absolute atomic E-state index is 0.130. The molecule has 3 nitrogen and oxygen atoms in total. The largest absolute Gasteiger partial charge is 0.328 e. The lowest BCUT2D eigenvalue weighted by molar-refractivity contribution is 0.565. The van der Waals surface area contributed by atoms with Crippen molar-refractivity contribution in [1.82, 2.24) is 9.13 Å². The summed E-state index contributed by atoms with van der Waals surface area (Å²) in [5, 5.41) is 0. The molecule has 0 saturated carbocycles. The Morgan fingerprint density at radius 2 is 1.60 bits per heavy atom. The Labute approximate surface area is 120 Å². The normalized spacial score (nSPS) is 10.9. The average molecular weight is 272 g/mol. The molecule has 1 heterocycles. The van der Waals surface area contributed by atoms with Crippen molar-refractivity contribution in [3.05, 3.63) is 47.0 Å². The third-order valence-corrected chi connectivity index (χ3v) is 3.60. The summed E-state index contributed by atoms with van der Waals surface area (Å²) in [5.74, 6) is 0. The van der Waals surface area contributed by atoms with Gasteiger partial charge in [0, 0.05) is 19.3 Å². The van der Waals surface area contributed by atoms with E-state index in [4.69, 9.17) is 0 Å². The summed E-state index contributed by atoms with van der Waals surface area (Å²) in [7, 11) is 0. The molecule has 0 fully saturated rings. The van der Waals surface area contributed by atoms with Gasteiger partial charge in [-0.15, -0.1) is 0 Å². The van der Waals surface area contributed by atoms with Crippen molar-refractivity contribution in [2.24, 2.45) is 0 Å². The van der Waals surface area contributed by atoms with E-state index in [0.29, 0.717) is 0 Å². The van der Waals surface area contributed by atoms with Gasteiger partial charge in [0.25, 0.3) is 0 Å². The predicted octanol–water partition coefficient (Wildman–Crippen LogP) is 3.92. The Morgan fingerprint density at radius 3 is 2.25 bits per heavy atom. The minimum Gasteiger partial charge on any atom is -0.299 e. The molecule has 0 aliphatic carbocycles. The second-order valence-electron chi connectivity index (χ2n) is 5.22. The molecule has 0 saturated heterocycles. The zero-order chi connectivity index (χ0) is 14.4. The van der Waals surface area contributed by atoms with Crippen LogP contribution in [0.25, 0.3) is 11.3 Å². The summed E-state index contributed by atoms with van der Waals surface area (Å²) in [4.78, 5) is 12.5. The number of aryl methyl sites for hydroxylation is 1. The first-order valence-electron chi connectivity index (χ1n) is 7.63. The monoisotopic (exact) mass is 272 g/mol. The number of aromatic nitrogens is 2. The highest BCUT2D eigenvalue weighted by Gasteiger charge is 2.11. The molecule has 1 aromatic carbocycles. The number of hydrogen-bond donors (Lipinski definition) is 0. The molecule has 2 rings (SSSR count). The van der Waals surface area contributed by atoms with E-state index in [2.05, 4.69) is 26.0 Å². The zero-order valence-corrected chi connectivity index (χ0v) is 12.5. The van der Waals surface area contributed by atoms with Crippen molar-refractivity contribution in [2.45, 2.75) is 52.6 Å². The van der Waals surface area contributed by atoms with Crippen LogP contribution in [-0.2, 0) is 13.1 Å². The van der Waals surface area contributed by atoms with E-state index in [-0.39, 0.29) is 5.69 Å². The van der Waals surface area contributed by atoms with Crippen LogP contribution in [0.2, 0.25) is 0 Å². The Kier molecular flexibility index (Phi) is 5.22. The quantitative estimate of drug-likeness (QED) is 0.750. The van der Waals surface area contributed by atoms with E-state index in [9.17, 15) is 4.79 Å². The van der Waals surface area contributed by atoms with Gasteiger partial charge in [0.2, 0.25) is 0 Å². The van der Waals surface area contributed by atoms with Gasteiger partial charge in [-0.2, -0.15) is 0 Å². The number of rotatable bonds is 7. The van der Waals surface area contributed by atoms with Gasteiger partial charge in [0.05, 0.1) is 5.69 Å². The van der Waals surface area contributed by atoms with Crippen LogP contribution in [0.3, 0.4) is 0 Å². The molecule has 0 atom stereocenters. The van der Waals surface area contributed by atoms with Gasteiger partial charge >= 0.3 is 5.69 Å². The maximum Gasteiger partial charge on any atom is 0.328 e. The van der Waals surface area contributed by atoms with Gasteiger partial charge in [-0.1, -0.05) is 57.0 Å². The maximum absolute atomic E-state index is 12.5. The second kappa shape index (κ2) is 7.13. The van der Waals surface area contributed by atoms with Gasteiger partial charge in [0.15, 0.2) is 0 Å². The fourth-order valence-corrected chi connectivity index (χ4v) is 2.39. The highest BCUT2D eigenvalue weighted by atomic mass is 16.1. The van der Waals surface area contributed by atoms with Crippen molar-refractivity contribution in [2.75, 3.05) is 0 Å². The second-order valence-corrected chi connectivity index (χ2v) is 5.22. The topological polar surface area (TPSA) is 26.9 Å². The molecule has 108 valence electrons. The Balaban J connectivity index is 2.40. The van der Waals surface area contributed by atoms with Crippen molar-refractivity contribution in [1.29, 1.82) is 0 Å². The lowest BCUT2D eigenvalue weighted by Gasteiger charge is -2.06. The van der Waals surface area contributed by atoms with Crippen molar-refractivity contribution in [3.8, 4) is 11.3 Å². The van der Waals surface area contributed by atoms with Crippen LogP contribution >= 0.6 is 0 Å². The first kappa shape index (κ1) is 14.6. The molecule has 20 heavy (non-hydrogen) atoms. The summed E-state index contributed by atoms with van der Waals surface area (Å²) < 4.78 is 3.79. The van der Waals surface area contributed by atoms with E-state index < -0.39 is 0 Å². The number of unbranched alkanes of at least 4 members (excludes halogenated alkanes) is 2. The van der Waals surface area contributed by atoms with Gasteiger partial charge in [-0.25, -0.2) is 4.79 Å². The van der Waals surface area contributed by atoms with Gasteiger partial charge in [-0.05, 0) is 18.4 Å². The SMILES string of the molecule is CCCCn1cc(-c2ccccc2)n(CCCC)c1=O. The van der Waals surface area contributed by atoms with Crippen LogP contribution in [0.15, 0.2) is 41.3 Å². The standard InChI is InChI=1S/C17H24N2O/c1-3-5-12-18-14-16(15-10-8-7-9-11-15)19(17(18)20)13-6-4-2/h7-11,14H,3-6,12-13H2,1-2H3. The minimum atomic E-state index is 0.130. The van der Waals surface area contributed by atoms with Crippen molar-refractivity contribution < 1.29 is 0 Å². The highest BCUT2D eigenvalue weighted by Crippen LogP contribution is 2.18. The Hall–Kier alpha value is -1.77. The first-order chi connectivity index (χ1) is 9.77. The van der Waals surface area contributed by atoms with Crippen LogP contribution in [0.4, 0.5) is 0 Å². The Bertz CT molecular complexity index is 581. The molecule has 0 spiro atoms. The Morgan fingerprint density at radius 1 is 0.950 bits per heavy atom. The third kappa shape index (κ3) is 3.21. The molecular formula is C17H24N2O. The molecule has 0 unspecified atom stereocenters. The fraction of sp³-hybridized carbons (Fsp3) is 0.471. The summed E-state index contributed by atoms with van der Waals surface area (Å²) in [6.45, 7) is 5.92. The van der Waals surface area contributed by atoms with Crippen LogP contribution < -0.4 is 5.69 Å². The summed E-state index contributed by atoms with van der Waals surface area (Å²) in [6, 6.07) is 10.2. The number of imidazole rings is 1. The number of hydrogen-bond acceptors (Lipinski definition) is 1. The van der Waals surface area contributed by atoms with Gasteiger partial charge in [-0.3, -0.25) is 9.13 Å². The van der Waals surface area contributed by atoms with E-state index in [1.54, 1.807) is 0 Å². The molecule has 0 N–H and O–H groups in total. The first-order valence-corrected chi connectivity index (χ1v) is 7.63. The molecule has 0 amide bonds. The molecule has 0 bridgehead atoms. The zero-order valence-electron chi connectivity index (χ0n) is 12.5. The predicted molar refractivity (Wildman–Crippen MR) is 83.9 cm³/mol. The van der Waals surface area contributed by atoms with Crippen LogP contribution in [0.1, 0.15) is 39.5 Å². The summed E-state index contributed by atoms with van der Waals surface area (Å²) in [6.07, 6.45) is 6.31. The highest BCUT2D eigenvalue weighted by molar-refractivity contribution is 5.58. The summed E-state index contributed by atoms with van der Waals surface area (Å²) in [5.41, 5.74) is 2.29. The van der Waals surface area contributed by atoms with E-state index in [1.807, 2.05) is 33.5 Å². The van der Waals surface area contributed by atoms with Gasteiger partial charge in [0.1, 0.15) is 0 Å². The molecule has 2 aromatic rings. The third-order valence-electron chi connectivity index (χ3n) is 3.60. The smallest absolute Gasteiger partial charge is 0.299 e. The van der Waals surface area contributed by atoms with Crippen LogP contribution in [0, 0.1) is 0 Å². The van der Waals surface area contributed by atoms with Crippen LogP contribution in [0.5, 0.6) is 0 Å². The number of nitrogens with zero attached hydrogens (tertiary/aromatic N) is 2. The lowest BCUT2D eigenvalue weighted by atomic mass is 10.1. The molecule has 3 heteroatoms. The average Bonchev–Trinajstić information content (AvgIpc) is 2.80. The summed E-state index contributed by atoms with van der Waals surface area (Å²) >= 11 is 0. The maximum atomic E-state index is 12.5. The van der Waals surface area contributed by atoms with Crippen molar-refractivity contribution in [3.63, 3.8) is 0 Å². The van der Waals surface area contributed by atoms with E-state index in [0.717, 1.165) is 50.0 Å². The van der Waals surface area contributed by atoms with E-state index >= 15 is 0 Å². The lowest BCUT2D eigenvalue weighted by Crippen LogP contribution is -2.24. The van der Waals surface area contributed by atoms with Crippen molar-refractivity contribution >= 4 is 0 Å². The molecule has 1 aromatic heterocycles. The number of benzene rings is 1. The van der Waals surface area contributed by atoms with Crippen LogP contribution in [-0.4, -0.2) is 9.13 Å². The fourth-order valence-electron chi connectivity index (χ4n) is 2.39. The molecule has 0 radical (unpaired) electrons. The molecule has 0 aliphatic heterocycles. The molecular weight excluding hydrogens is 248 g/mol. The van der Waals surface area contributed by atoms with E-state index in [1.165, 1.54) is 0 Å².